The highest BCUT2D eigenvalue weighted by Crippen LogP contribution is 2.25. The van der Waals surface area contributed by atoms with Crippen LogP contribution in [0.25, 0.3) is 0 Å². The van der Waals surface area contributed by atoms with Crippen LogP contribution in [0.15, 0.2) is 18.2 Å². The molecule has 2 unspecified atom stereocenters. The lowest BCUT2D eigenvalue weighted by Gasteiger charge is -2.19. The number of aliphatic hydroxyl groups is 3. The number of hydrogen-bond donors (Lipinski definition) is 4. The molecule has 0 saturated carbocycles. The van der Waals surface area contributed by atoms with Gasteiger partial charge in [-0.2, -0.15) is 0 Å². The molecule has 1 aromatic rings. The van der Waals surface area contributed by atoms with Crippen molar-refractivity contribution in [2.45, 2.75) is 25.6 Å². The van der Waals surface area contributed by atoms with Crippen LogP contribution in [-0.4, -0.2) is 28.0 Å². The lowest BCUT2D eigenvalue weighted by molar-refractivity contribution is 0.00392. The van der Waals surface area contributed by atoms with E-state index in [1.54, 1.807) is 25.1 Å². The number of anilines is 1. The van der Waals surface area contributed by atoms with Crippen molar-refractivity contribution in [3.8, 4) is 0 Å². The number of rotatable bonds is 4. The van der Waals surface area contributed by atoms with Gasteiger partial charge in [-0.3, -0.25) is 0 Å². The maximum absolute atomic E-state index is 9.81. The maximum Gasteiger partial charge on any atom is 0.105 e. The van der Waals surface area contributed by atoms with Crippen LogP contribution in [0.4, 0.5) is 5.69 Å². The maximum atomic E-state index is 9.81. The summed E-state index contributed by atoms with van der Waals surface area (Å²) in [6.45, 7) is 1.64. The SMILES string of the molecule is Cc1c(N)cccc1C(O)C(O)CCO. The summed E-state index contributed by atoms with van der Waals surface area (Å²) in [6.07, 6.45) is -1.81. The molecule has 0 spiro atoms. The predicted molar refractivity (Wildman–Crippen MR) is 58.3 cm³/mol. The van der Waals surface area contributed by atoms with Crippen LogP contribution < -0.4 is 5.73 Å². The predicted octanol–water partition coefficient (Wildman–Crippen LogP) is 0.354. The van der Waals surface area contributed by atoms with Crippen LogP contribution in [0.2, 0.25) is 0 Å². The zero-order valence-corrected chi connectivity index (χ0v) is 8.72. The van der Waals surface area contributed by atoms with Crippen LogP contribution in [0, 0.1) is 6.92 Å². The normalized spacial score (nSPS) is 14.9. The summed E-state index contributed by atoms with van der Waals surface area (Å²) in [5, 5.41) is 28.0. The molecule has 0 aliphatic heterocycles. The van der Waals surface area contributed by atoms with Crippen LogP contribution in [0.1, 0.15) is 23.7 Å². The lowest BCUT2D eigenvalue weighted by atomic mass is 9.97. The molecule has 1 rings (SSSR count). The molecule has 5 N–H and O–H groups in total. The Morgan fingerprint density at radius 2 is 2.00 bits per heavy atom. The van der Waals surface area contributed by atoms with Gasteiger partial charge in [0.1, 0.15) is 6.10 Å². The van der Waals surface area contributed by atoms with Crippen LogP contribution in [0.3, 0.4) is 0 Å². The fourth-order valence-corrected chi connectivity index (χ4v) is 1.49. The summed E-state index contributed by atoms with van der Waals surface area (Å²) in [5.74, 6) is 0. The van der Waals surface area contributed by atoms with Gasteiger partial charge in [0, 0.05) is 12.3 Å². The van der Waals surface area contributed by atoms with E-state index in [1.807, 2.05) is 0 Å². The van der Waals surface area contributed by atoms with E-state index in [9.17, 15) is 10.2 Å². The Morgan fingerprint density at radius 3 is 2.60 bits per heavy atom. The number of nitrogens with two attached hydrogens (primary N) is 1. The second-order valence-electron chi connectivity index (χ2n) is 3.59. The van der Waals surface area contributed by atoms with E-state index in [4.69, 9.17) is 10.8 Å². The van der Waals surface area contributed by atoms with Gasteiger partial charge in [-0.25, -0.2) is 0 Å². The highest BCUT2D eigenvalue weighted by Gasteiger charge is 2.19. The molecule has 0 saturated heterocycles. The summed E-state index contributed by atoms with van der Waals surface area (Å²) in [4.78, 5) is 0. The van der Waals surface area contributed by atoms with Gasteiger partial charge in [-0.1, -0.05) is 12.1 Å². The second kappa shape index (κ2) is 5.11. The summed E-state index contributed by atoms with van der Waals surface area (Å²) < 4.78 is 0. The molecule has 4 heteroatoms. The number of hydrogen-bond acceptors (Lipinski definition) is 4. The highest BCUT2D eigenvalue weighted by atomic mass is 16.3. The third-order valence-electron chi connectivity index (χ3n) is 2.53. The van der Waals surface area contributed by atoms with Gasteiger partial charge in [-0.05, 0) is 30.5 Å². The van der Waals surface area contributed by atoms with E-state index < -0.39 is 12.2 Å². The molecule has 0 radical (unpaired) electrons. The van der Waals surface area contributed by atoms with Crippen molar-refractivity contribution in [2.75, 3.05) is 12.3 Å². The van der Waals surface area contributed by atoms with E-state index in [0.29, 0.717) is 11.3 Å². The average molecular weight is 211 g/mol. The van der Waals surface area contributed by atoms with Crippen LogP contribution >= 0.6 is 0 Å². The molecule has 0 amide bonds. The Hall–Kier alpha value is -1.10. The molecule has 84 valence electrons. The van der Waals surface area contributed by atoms with Crippen molar-refractivity contribution in [3.63, 3.8) is 0 Å². The molecule has 4 nitrogen and oxygen atoms in total. The van der Waals surface area contributed by atoms with Crippen molar-refractivity contribution in [2.24, 2.45) is 0 Å². The van der Waals surface area contributed by atoms with Crippen molar-refractivity contribution >= 4 is 5.69 Å². The zero-order chi connectivity index (χ0) is 11.4. The average Bonchev–Trinajstić information content (AvgIpc) is 2.21. The Labute approximate surface area is 89.0 Å². The van der Waals surface area contributed by atoms with Gasteiger partial charge >= 0.3 is 0 Å². The van der Waals surface area contributed by atoms with Crippen LogP contribution in [0.5, 0.6) is 0 Å². The van der Waals surface area contributed by atoms with Gasteiger partial charge in [0.25, 0.3) is 0 Å². The molecular formula is C11H17NO3. The first-order chi connectivity index (χ1) is 7.07. The minimum atomic E-state index is -0.999. The summed E-state index contributed by atoms with van der Waals surface area (Å²) in [5.41, 5.74) is 7.65. The fraction of sp³-hybridized carbons (Fsp3) is 0.455. The molecule has 0 aromatic heterocycles. The number of nitrogen functional groups attached to an aromatic ring is 1. The quantitative estimate of drug-likeness (QED) is 0.541. The standard InChI is InChI=1S/C11H17NO3/c1-7-8(3-2-4-9(7)12)11(15)10(14)5-6-13/h2-4,10-11,13-15H,5-6,12H2,1H3. The van der Waals surface area contributed by atoms with E-state index in [0.717, 1.165) is 5.56 Å². The van der Waals surface area contributed by atoms with Crippen LogP contribution in [-0.2, 0) is 0 Å². The largest absolute Gasteiger partial charge is 0.399 e. The van der Waals surface area contributed by atoms with Gasteiger partial charge in [-0.15, -0.1) is 0 Å². The van der Waals surface area contributed by atoms with E-state index in [2.05, 4.69) is 0 Å². The minimum absolute atomic E-state index is 0.148. The lowest BCUT2D eigenvalue weighted by Crippen LogP contribution is -2.20. The first-order valence-electron chi connectivity index (χ1n) is 4.90. The molecule has 0 heterocycles. The Morgan fingerprint density at radius 1 is 1.33 bits per heavy atom. The molecule has 0 aliphatic carbocycles. The molecule has 15 heavy (non-hydrogen) atoms. The number of aliphatic hydroxyl groups excluding tert-OH is 3. The van der Waals surface area contributed by atoms with E-state index in [1.165, 1.54) is 0 Å². The molecule has 0 bridgehead atoms. The molecule has 2 atom stereocenters. The third-order valence-corrected chi connectivity index (χ3v) is 2.53. The van der Waals surface area contributed by atoms with Crippen molar-refractivity contribution in [3.05, 3.63) is 29.3 Å². The topological polar surface area (TPSA) is 86.7 Å². The first-order valence-corrected chi connectivity index (χ1v) is 4.90. The third kappa shape index (κ3) is 2.68. The summed E-state index contributed by atoms with van der Waals surface area (Å²) in [6, 6.07) is 5.19. The van der Waals surface area contributed by atoms with Crippen molar-refractivity contribution in [1.82, 2.24) is 0 Å². The minimum Gasteiger partial charge on any atom is -0.399 e. The summed E-state index contributed by atoms with van der Waals surface area (Å²) in [7, 11) is 0. The fourth-order valence-electron chi connectivity index (χ4n) is 1.49. The second-order valence-corrected chi connectivity index (χ2v) is 3.59. The Kier molecular flexibility index (Phi) is 4.08. The Bertz CT molecular complexity index is 328. The van der Waals surface area contributed by atoms with E-state index in [-0.39, 0.29) is 13.0 Å². The zero-order valence-electron chi connectivity index (χ0n) is 8.72. The Balaban J connectivity index is 2.90. The van der Waals surface area contributed by atoms with Gasteiger partial charge < -0.3 is 21.1 Å². The number of benzene rings is 1. The van der Waals surface area contributed by atoms with E-state index >= 15 is 0 Å². The highest BCUT2D eigenvalue weighted by molar-refractivity contribution is 5.50. The molecule has 1 aromatic carbocycles. The van der Waals surface area contributed by atoms with Gasteiger partial charge in [0.15, 0.2) is 0 Å². The molecule has 0 aliphatic rings. The van der Waals surface area contributed by atoms with Gasteiger partial charge in [0.05, 0.1) is 6.10 Å². The first kappa shape index (κ1) is 12.0. The van der Waals surface area contributed by atoms with Crippen molar-refractivity contribution < 1.29 is 15.3 Å². The summed E-state index contributed by atoms with van der Waals surface area (Å²) >= 11 is 0. The monoisotopic (exact) mass is 211 g/mol. The smallest absolute Gasteiger partial charge is 0.105 e. The molecule has 0 fully saturated rings. The van der Waals surface area contributed by atoms with Crippen molar-refractivity contribution in [1.29, 1.82) is 0 Å². The molecular weight excluding hydrogens is 194 g/mol. The van der Waals surface area contributed by atoms with Gasteiger partial charge in [0.2, 0.25) is 0 Å².